The Balaban J connectivity index is 1.28. The normalized spacial score (nSPS) is 16.8. The quantitative estimate of drug-likeness (QED) is 0.0682. The molecule has 1 aliphatic heterocycles. The molecule has 0 aromatic heterocycles. The molecule has 3 N–H and O–H groups in total. The third-order valence-electron chi connectivity index (χ3n) is 8.95. The lowest BCUT2D eigenvalue weighted by molar-refractivity contribution is -0.129. The van der Waals surface area contributed by atoms with Crippen molar-refractivity contribution >= 4 is 17.9 Å². The molecule has 1 aliphatic rings. The van der Waals surface area contributed by atoms with Gasteiger partial charge in [-0.05, 0) is 71.3 Å². The number of hydrogen-bond donors (Lipinski definition) is 3. The molecule has 0 saturated heterocycles. The number of nitrogens with zero attached hydrogens (tertiary/aromatic N) is 1. The second kappa shape index (κ2) is 17.9. The van der Waals surface area contributed by atoms with Crippen LogP contribution in [0.5, 0.6) is 5.75 Å². The number of ether oxygens (including phenoxy) is 2. The third kappa shape index (κ3) is 9.39. The van der Waals surface area contributed by atoms with Crippen LogP contribution in [0.4, 0.5) is 0 Å². The van der Waals surface area contributed by atoms with Crippen LogP contribution in [0.3, 0.4) is 0 Å². The number of carbonyl (C=O) groups excluding carboxylic acids is 1. The number of unbranched alkanes of at least 4 members (excludes halogenated alkanes) is 1. The zero-order valence-corrected chi connectivity index (χ0v) is 28.8. The molecule has 0 bridgehead atoms. The van der Waals surface area contributed by atoms with Crippen molar-refractivity contribution in [2.24, 2.45) is 4.99 Å². The number of aryl methyl sites for hydroxylation is 1. The topological polar surface area (TPSA) is 92.2 Å². The molecular weight excluding hydrogens is 635 g/mol. The Morgan fingerprint density at radius 3 is 2.12 bits per heavy atom. The molecule has 6 rings (SSSR count). The first-order chi connectivity index (χ1) is 25.1. The Morgan fingerprint density at radius 2 is 1.41 bits per heavy atom. The largest absolute Gasteiger partial charge is 0.494 e. The third-order valence-corrected chi connectivity index (χ3v) is 8.95. The van der Waals surface area contributed by atoms with E-state index in [0.717, 1.165) is 47.1 Å². The van der Waals surface area contributed by atoms with Crippen molar-refractivity contribution in [1.82, 2.24) is 10.9 Å². The summed E-state index contributed by atoms with van der Waals surface area (Å²) in [5.41, 5.74) is 11.0. The summed E-state index contributed by atoms with van der Waals surface area (Å²) in [6.07, 6.45) is 7.08. The van der Waals surface area contributed by atoms with Crippen LogP contribution in [-0.2, 0) is 16.0 Å². The fraction of sp³-hybridized carbons (Fsp3) is 0.227. The van der Waals surface area contributed by atoms with Gasteiger partial charge in [0.25, 0.3) is 5.91 Å². The van der Waals surface area contributed by atoms with Crippen molar-refractivity contribution in [2.75, 3.05) is 19.8 Å². The molecule has 1 heterocycles. The van der Waals surface area contributed by atoms with Crippen molar-refractivity contribution in [3.63, 3.8) is 0 Å². The molecule has 7 nitrogen and oxygen atoms in total. The molecular formula is C44H45N3O4. The Hall–Kier alpha value is -5.50. The minimum absolute atomic E-state index is 0.0713. The summed E-state index contributed by atoms with van der Waals surface area (Å²) in [5.74, 6) is 0.810. The van der Waals surface area contributed by atoms with Crippen molar-refractivity contribution in [3.05, 3.63) is 168 Å². The molecule has 5 aromatic carbocycles. The summed E-state index contributed by atoms with van der Waals surface area (Å²) in [6, 6.07) is 46.4. The van der Waals surface area contributed by atoms with Gasteiger partial charge in [-0.2, -0.15) is 0 Å². The first kappa shape index (κ1) is 35.3. The van der Waals surface area contributed by atoms with E-state index in [1.807, 2.05) is 103 Å². The highest BCUT2D eigenvalue weighted by molar-refractivity contribution is 6.01. The van der Waals surface area contributed by atoms with Gasteiger partial charge in [-0.15, -0.1) is 0 Å². The lowest BCUT2D eigenvalue weighted by Crippen LogP contribution is -2.52. The lowest BCUT2D eigenvalue weighted by atomic mass is 9.84. The van der Waals surface area contributed by atoms with Crippen LogP contribution in [0.1, 0.15) is 54.0 Å². The Morgan fingerprint density at radius 1 is 0.765 bits per heavy atom. The number of carbonyl (C=O) groups is 1. The number of benzene rings is 5. The van der Waals surface area contributed by atoms with Crippen LogP contribution in [-0.4, -0.2) is 42.2 Å². The molecule has 1 amide bonds. The first-order valence-electron chi connectivity index (χ1n) is 17.7. The molecule has 2 atom stereocenters. The molecule has 260 valence electrons. The Bertz CT molecular complexity index is 1860. The van der Waals surface area contributed by atoms with Crippen molar-refractivity contribution in [3.8, 4) is 16.9 Å². The van der Waals surface area contributed by atoms with Crippen LogP contribution in [0, 0.1) is 0 Å². The molecule has 0 fully saturated rings. The predicted octanol–water partition coefficient (Wildman–Crippen LogP) is 8.12. The molecule has 0 radical (unpaired) electrons. The smallest absolute Gasteiger partial charge is 0.266 e. The maximum Gasteiger partial charge on any atom is 0.266 e. The number of rotatable bonds is 17. The van der Waals surface area contributed by atoms with Gasteiger partial charge in [0, 0.05) is 31.6 Å². The maximum atomic E-state index is 14.5. The van der Waals surface area contributed by atoms with E-state index in [2.05, 4.69) is 59.4 Å². The second-order valence-corrected chi connectivity index (χ2v) is 12.6. The number of aliphatic imine (C=N–C) groups is 1. The molecule has 0 saturated carbocycles. The molecule has 51 heavy (non-hydrogen) atoms. The van der Waals surface area contributed by atoms with Gasteiger partial charge in [0.15, 0.2) is 11.6 Å². The summed E-state index contributed by atoms with van der Waals surface area (Å²) in [6.45, 7) is 1.12. The van der Waals surface area contributed by atoms with Crippen molar-refractivity contribution in [1.29, 1.82) is 0 Å². The van der Waals surface area contributed by atoms with E-state index in [9.17, 15) is 4.79 Å². The summed E-state index contributed by atoms with van der Waals surface area (Å²) in [5, 5.41) is 9.13. The van der Waals surface area contributed by atoms with E-state index in [4.69, 9.17) is 19.6 Å². The Kier molecular flexibility index (Phi) is 12.4. The monoisotopic (exact) mass is 679 g/mol. The van der Waals surface area contributed by atoms with Gasteiger partial charge in [-0.25, -0.2) is 10.4 Å². The minimum atomic E-state index is -1.30. The zero-order chi connectivity index (χ0) is 35.1. The van der Waals surface area contributed by atoms with Crippen LogP contribution in [0.2, 0.25) is 0 Å². The van der Waals surface area contributed by atoms with Gasteiger partial charge in [0.05, 0.1) is 6.61 Å². The zero-order valence-electron chi connectivity index (χ0n) is 28.8. The predicted molar refractivity (Wildman–Crippen MR) is 204 cm³/mol. The summed E-state index contributed by atoms with van der Waals surface area (Å²) < 4.78 is 12.5. The molecule has 0 spiro atoms. The number of aliphatic hydroxyl groups is 1. The molecule has 0 unspecified atom stereocenters. The van der Waals surface area contributed by atoms with E-state index in [-0.39, 0.29) is 12.5 Å². The van der Waals surface area contributed by atoms with Crippen LogP contribution >= 0.6 is 0 Å². The first-order valence-corrected chi connectivity index (χ1v) is 17.7. The van der Waals surface area contributed by atoms with Gasteiger partial charge >= 0.3 is 0 Å². The standard InChI is InChI=1S/C44H45N3O4/c48-32-13-33-50-40-28-26-39(27-29-40)42-46-44(30-12-19-35-16-6-2-7-17-35,43(49)47-45-31-11-10-18-34-14-4-1-5-15-34)41(51-42)38-24-22-37(23-25-38)36-20-8-3-9-21-36/h1-9,12,14-17,19-29,41,45,48H,10-11,13,18,30-33H2,(H,47,49)/b19-12+/t41-,44-/m0/s1. The van der Waals surface area contributed by atoms with Gasteiger partial charge in [-0.3, -0.25) is 10.2 Å². The van der Waals surface area contributed by atoms with Crippen LogP contribution in [0.25, 0.3) is 17.2 Å². The van der Waals surface area contributed by atoms with E-state index in [0.29, 0.717) is 37.6 Å². The van der Waals surface area contributed by atoms with E-state index in [1.54, 1.807) is 0 Å². The Labute approximate surface area is 300 Å². The summed E-state index contributed by atoms with van der Waals surface area (Å²) in [4.78, 5) is 19.6. The molecule has 0 aliphatic carbocycles. The summed E-state index contributed by atoms with van der Waals surface area (Å²) in [7, 11) is 0. The number of nitrogens with one attached hydrogen (secondary N) is 2. The number of hydrogen-bond acceptors (Lipinski definition) is 6. The van der Waals surface area contributed by atoms with Crippen molar-refractivity contribution in [2.45, 2.75) is 43.7 Å². The van der Waals surface area contributed by atoms with E-state index >= 15 is 0 Å². The number of hydrazine groups is 1. The van der Waals surface area contributed by atoms with Crippen LogP contribution in [0.15, 0.2) is 151 Å². The maximum absolute atomic E-state index is 14.5. The molecule has 5 aromatic rings. The fourth-order valence-corrected chi connectivity index (χ4v) is 6.17. The van der Waals surface area contributed by atoms with Gasteiger partial charge in [-0.1, -0.05) is 127 Å². The number of amides is 1. The highest BCUT2D eigenvalue weighted by atomic mass is 16.5. The fourth-order valence-electron chi connectivity index (χ4n) is 6.17. The second-order valence-electron chi connectivity index (χ2n) is 12.6. The van der Waals surface area contributed by atoms with Crippen LogP contribution < -0.4 is 15.6 Å². The highest BCUT2D eigenvalue weighted by Gasteiger charge is 2.52. The van der Waals surface area contributed by atoms with Gasteiger partial charge in [0.1, 0.15) is 5.75 Å². The van der Waals surface area contributed by atoms with Gasteiger partial charge < -0.3 is 14.6 Å². The van der Waals surface area contributed by atoms with Gasteiger partial charge in [0.2, 0.25) is 5.90 Å². The van der Waals surface area contributed by atoms with E-state index in [1.165, 1.54) is 5.56 Å². The minimum Gasteiger partial charge on any atom is -0.494 e. The van der Waals surface area contributed by atoms with E-state index < -0.39 is 11.6 Å². The number of aliphatic hydroxyl groups excluding tert-OH is 1. The highest BCUT2D eigenvalue weighted by Crippen LogP contribution is 2.43. The molecule has 7 heteroatoms. The van der Waals surface area contributed by atoms with Crippen molar-refractivity contribution < 1.29 is 19.4 Å². The SMILES string of the molecule is O=C(NNCCCCc1ccccc1)[C@@]1(C/C=C/c2ccccc2)N=C(c2ccc(OCCCO)cc2)O[C@H]1c1ccc(-c2ccccc2)cc1. The average molecular weight is 680 g/mol. The lowest BCUT2D eigenvalue weighted by Gasteiger charge is -2.30. The summed E-state index contributed by atoms with van der Waals surface area (Å²) >= 11 is 0. The average Bonchev–Trinajstić information content (AvgIpc) is 3.58.